The number of hydrogen-bond acceptors (Lipinski definition) is 20. The maximum Gasteiger partial charge on any atom is 0.410 e. The quantitative estimate of drug-likeness (QED) is 0.0354. The molecule has 107 heavy (non-hydrogen) atoms. The second-order valence-electron chi connectivity index (χ2n) is 30.5. The fourth-order valence-corrected chi connectivity index (χ4v) is 14.4. The van der Waals surface area contributed by atoms with Gasteiger partial charge in [0.25, 0.3) is 26.0 Å². The summed E-state index contributed by atoms with van der Waals surface area (Å²) in [6.07, 6.45) is -0.728. The monoisotopic (exact) mass is 1580 g/mol. The predicted octanol–water partition coefficient (Wildman–Crippen LogP) is 13.5. The highest BCUT2D eigenvalue weighted by Gasteiger charge is 2.63. The van der Waals surface area contributed by atoms with E-state index in [9.17, 15) is 62.4 Å². The number of carboxylic acid groups (broad SMARTS) is 1. The van der Waals surface area contributed by atoms with Crippen molar-refractivity contribution < 1.29 is 86.4 Å². The third-order valence-corrected chi connectivity index (χ3v) is 21.3. The van der Waals surface area contributed by atoms with Crippen molar-refractivity contribution >= 4 is 78.9 Å². The number of aromatic nitrogens is 8. The fraction of sp³-hybridized carbons (Fsp3) is 0.571. The third kappa shape index (κ3) is 22.7. The second kappa shape index (κ2) is 32.9. The third-order valence-electron chi connectivity index (χ3n) is 18.7. The van der Waals surface area contributed by atoms with Crippen LogP contribution in [0.5, 0.6) is 11.8 Å². The molecule has 8 heterocycles. The van der Waals surface area contributed by atoms with E-state index in [1.165, 1.54) is 76.4 Å². The van der Waals surface area contributed by atoms with Gasteiger partial charge in [-0.1, -0.05) is 35.3 Å². The number of ether oxygens (including phenoxy) is 4. The Kier molecular flexibility index (Phi) is 25.9. The molecule has 0 radical (unpaired) electrons. The van der Waals surface area contributed by atoms with Gasteiger partial charge in [0.2, 0.25) is 11.8 Å². The largest absolute Gasteiger partial charge is 0.478 e. The van der Waals surface area contributed by atoms with E-state index >= 15 is 0 Å². The van der Waals surface area contributed by atoms with Crippen molar-refractivity contribution in [1.29, 1.82) is 0 Å². The molecule has 0 spiro atoms. The minimum absolute atomic E-state index is 0.0819. The number of halogens is 8. The number of likely N-dealkylation sites (tertiary alicyclic amines) is 2. The lowest BCUT2D eigenvalue weighted by Crippen LogP contribution is -2.45. The van der Waals surface area contributed by atoms with E-state index in [0.29, 0.717) is 37.2 Å². The molecule has 4 N–H and O–H groups in total. The first-order valence-electron chi connectivity index (χ1n) is 34.6. The smallest absolute Gasteiger partial charge is 0.410 e. The van der Waals surface area contributed by atoms with Gasteiger partial charge in [-0.05, 0) is 207 Å². The van der Waals surface area contributed by atoms with Gasteiger partial charge in [-0.3, -0.25) is 4.79 Å². The number of rotatable bonds is 25. The van der Waals surface area contributed by atoms with Crippen LogP contribution in [0.15, 0.2) is 95.2 Å². The first kappa shape index (κ1) is 84.3. The van der Waals surface area contributed by atoms with Crippen molar-refractivity contribution in [3.05, 3.63) is 107 Å². The lowest BCUT2D eigenvalue weighted by molar-refractivity contribution is -0.190. The summed E-state index contributed by atoms with van der Waals surface area (Å²) < 4.78 is 154. The summed E-state index contributed by atoms with van der Waals surface area (Å²) >= 11 is 12.1. The molecule has 6 aromatic rings. The van der Waals surface area contributed by atoms with E-state index in [0.717, 1.165) is 45.1 Å². The van der Waals surface area contributed by atoms with Crippen LogP contribution >= 0.6 is 23.2 Å². The van der Waals surface area contributed by atoms with Crippen LogP contribution in [0.1, 0.15) is 167 Å². The maximum atomic E-state index is 13.2. The zero-order valence-electron chi connectivity index (χ0n) is 61.6. The van der Waals surface area contributed by atoms with Gasteiger partial charge in [-0.2, -0.15) is 34.8 Å². The number of carbonyl (C=O) groups is 4. The topological polar surface area (TPSA) is 332 Å². The molecule has 2 unspecified atom stereocenters. The van der Waals surface area contributed by atoms with E-state index in [-0.39, 0.29) is 136 Å². The number of anilines is 2. The average molecular weight is 1590 g/mol. The average Bonchev–Trinajstić information content (AvgIpc) is 1.60. The zero-order valence-corrected chi connectivity index (χ0v) is 64.7. The summed E-state index contributed by atoms with van der Waals surface area (Å²) in [6, 6.07) is 17.5. The second-order valence-corrected chi connectivity index (χ2v) is 34.3. The Morgan fingerprint density at radius 2 is 0.991 bits per heavy atom. The molecule has 0 aromatic carbocycles. The van der Waals surface area contributed by atoms with Crippen LogP contribution in [-0.4, -0.2) is 183 Å². The highest BCUT2D eigenvalue weighted by atomic mass is 35.5. The fourth-order valence-electron chi connectivity index (χ4n) is 12.5. The Bertz CT molecular complexity index is 4390. The summed E-state index contributed by atoms with van der Waals surface area (Å²) in [6.45, 7) is 21.7. The number of pyridine rings is 4. The molecule has 2 aliphatic heterocycles. The molecular weight excluding hydrogens is 1490 g/mol. The van der Waals surface area contributed by atoms with E-state index < -0.39 is 66.3 Å². The molecule has 2 saturated heterocycles. The van der Waals surface area contributed by atoms with Crippen LogP contribution in [0, 0.1) is 22.7 Å². The van der Waals surface area contributed by atoms with Gasteiger partial charge in [0.05, 0.1) is 35.2 Å². The molecule has 27 nitrogen and oxygen atoms in total. The minimum atomic E-state index is -4.42. The molecular formula is C70H92Cl2F6N14O13S2. The number of amides is 3. The molecule has 6 aromatic heterocycles. The number of nitrogens with one attached hydrogen (secondary N) is 1. The van der Waals surface area contributed by atoms with Crippen molar-refractivity contribution in [3.8, 4) is 23.4 Å². The van der Waals surface area contributed by atoms with Crippen molar-refractivity contribution in [2.75, 3.05) is 63.3 Å². The number of nitrogens with zero attached hydrogens (tertiary/aromatic N) is 12. The Morgan fingerprint density at radius 1 is 0.598 bits per heavy atom. The van der Waals surface area contributed by atoms with E-state index in [4.69, 9.17) is 52.4 Å². The summed E-state index contributed by atoms with van der Waals surface area (Å²) in [5.74, 6) is 0.0599. The summed E-state index contributed by atoms with van der Waals surface area (Å²) in [5, 5.41) is 21.3. The van der Waals surface area contributed by atoms with Gasteiger partial charge < -0.3 is 43.7 Å². The standard InChI is InChI=1S/C35H45ClF3N7O6S.C20H34N4O4S.C15H13ClF3N3O3/c1-32(2,3)52-31(48)45-22-23(21-33(45,4)5)9-8-18-44(6)25-10-7-11-28(40-25)53(49,50)43-30(47)24-12-13-26(41-29(24)36)46-19-14-27(42-46)51-20-17-34(15-16-34)35(37,38)39;1-19(2,3)28-18(25)24-14-15(13-20(24,4)5)9-8-12-23(6)16-10-7-11-17(22-16)29(21,26)27;16-12-9(13(23)24)1-2-10(20-12)22-7-3-11(21-22)25-8-6-14(4-5-14)15(17,18)19/h7,10-14,19,23H,8-9,15-18,20-22H2,1-6H3,(H,43,47);7,10-11,15H,8-9,12-14H2,1-6H3,(H2,21,26,27);1-3,7H,4-6,8H2,(H,23,24). The number of carbonyl (C=O) groups excluding carboxylic acids is 3. The zero-order chi connectivity index (χ0) is 79.3. The summed E-state index contributed by atoms with van der Waals surface area (Å²) in [7, 11) is -4.57. The lowest BCUT2D eigenvalue weighted by Gasteiger charge is -2.33. The summed E-state index contributed by atoms with van der Waals surface area (Å²) in [4.78, 5) is 73.1. The molecule has 2 aliphatic carbocycles. The minimum Gasteiger partial charge on any atom is -0.478 e. The van der Waals surface area contributed by atoms with Crippen LogP contribution in [0.3, 0.4) is 0 Å². The van der Waals surface area contributed by atoms with Gasteiger partial charge in [-0.25, -0.2) is 62.0 Å². The van der Waals surface area contributed by atoms with E-state index in [1.54, 1.807) is 30.1 Å². The Morgan fingerprint density at radius 3 is 1.36 bits per heavy atom. The molecule has 37 heteroatoms. The van der Waals surface area contributed by atoms with E-state index in [1.807, 2.05) is 81.9 Å². The molecule has 4 fully saturated rings. The van der Waals surface area contributed by atoms with Crippen molar-refractivity contribution in [1.82, 2.24) is 54.0 Å². The maximum absolute atomic E-state index is 13.2. The van der Waals surface area contributed by atoms with Gasteiger partial charge in [0, 0.05) is 75.9 Å². The van der Waals surface area contributed by atoms with E-state index in [2.05, 4.69) is 44.0 Å². The first-order valence-corrected chi connectivity index (χ1v) is 38.3. The van der Waals surface area contributed by atoms with Crippen LogP contribution < -0.4 is 29.1 Å². The summed E-state index contributed by atoms with van der Waals surface area (Å²) in [5.41, 5.74) is -5.32. The Labute approximate surface area is 628 Å². The molecule has 2 atom stereocenters. The molecule has 10 rings (SSSR count). The van der Waals surface area contributed by atoms with Crippen molar-refractivity contribution in [2.24, 2.45) is 27.8 Å². The number of carboxylic acids is 1. The molecule has 3 amide bonds. The van der Waals surface area contributed by atoms with Crippen LogP contribution in [-0.2, 0) is 29.5 Å². The Balaban J connectivity index is 0.000000224. The number of nitrogens with two attached hydrogens (primary N) is 1. The number of primary sulfonamides is 1. The van der Waals surface area contributed by atoms with Gasteiger partial charge >= 0.3 is 30.5 Å². The Hall–Kier alpha value is -8.28. The predicted molar refractivity (Wildman–Crippen MR) is 385 cm³/mol. The lowest BCUT2D eigenvalue weighted by atomic mass is 9.93. The number of sulfonamides is 2. The molecule has 2 saturated carbocycles. The first-order chi connectivity index (χ1) is 49.5. The van der Waals surface area contributed by atoms with Gasteiger partial charge in [0.15, 0.2) is 21.7 Å². The normalized spacial score (nSPS) is 17.9. The van der Waals surface area contributed by atoms with Crippen molar-refractivity contribution in [3.63, 3.8) is 0 Å². The number of aromatic carboxylic acids is 1. The van der Waals surface area contributed by atoms with Gasteiger partial charge in [-0.15, -0.1) is 10.2 Å². The molecule has 4 aliphatic rings. The van der Waals surface area contributed by atoms with Crippen LogP contribution in [0.2, 0.25) is 10.3 Å². The molecule has 588 valence electrons. The van der Waals surface area contributed by atoms with Crippen molar-refractivity contribution in [2.45, 2.75) is 191 Å². The van der Waals surface area contributed by atoms with Crippen LogP contribution in [0.25, 0.3) is 11.6 Å². The SMILES string of the molecule is CN(CCCC1CN(C(=O)OC(C)(C)C)C(C)(C)C1)c1cccc(S(=O)(=O)NC(=O)c2ccc(-n3ccc(OCCC4(C(F)(F)F)CC4)n3)nc2Cl)n1.CN(CCCC1CN(C(=O)OC(C)(C)C)C(C)(C)C1)c1cccc(S(N)(=O)=O)n1.O=C(O)c1ccc(-n2ccc(OCCC3(C(F)(F)F)CC3)n2)nc1Cl. The molecule has 0 bridgehead atoms. The van der Waals surface area contributed by atoms with Gasteiger partial charge in [0.1, 0.15) is 33.1 Å². The number of alkyl halides is 6. The van der Waals surface area contributed by atoms with Crippen LogP contribution in [0.4, 0.5) is 47.6 Å². The highest BCUT2D eigenvalue weighted by molar-refractivity contribution is 7.90. The number of hydrogen-bond donors (Lipinski definition) is 3. The highest BCUT2D eigenvalue weighted by Crippen LogP contribution is 2.61.